The Labute approximate surface area is 99.1 Å². The van der Waals surface area contributed by atoms with Crippen LogP contribution in [0.3, 0.4) is 0 Å². The molecule has 0 aliphatic heterocycles. The average Bonchev–Trinajstić information content (AvgIpc) is 2.85. The first-order valence-corrected chi connectivity index (χ1v) is 5.37. The van der Waals surface area contributed by atoms with Gasteiger partial charge in [0.05, 0.1) is 18.2 Å². The lowest BCUT2D eigenvalue weighted by Gasteiger charge is -2.02. The zero-order valence-electron chi connectivity index (χ0n) is 9.47. The lowest BCUT2D eigenvalue weighted by atomic mass is 10.2. The van der Waals surface area contributed by atoms with Crippen molar-refractivity contribution in [3.63, 3.8) is 0 Å². The van der Waals surface area contributed by atoms with Crippen molar-refractivity contribution >= 4 is 5.69 Å². The number of aromatic nitrogens is 2. The van der Waals surface area contributed by atoms with Gasteiger partial charge in [0.1, 0.15) is 0 Å². The van der Waals surface area contributed by atoms with Crippen molar-refractivity contribution in [3.05, 3.63) is 41.6 Å². The zero-order chi connectivity index (χ0) is 12.1. The van der Waals surface area contributed by atoms with Gasteiger partial charge in [0.2, 0.25) is 11.8 Å². The first-order chi connectivity index (χ1) is 8.31. The number of nitrogens with one attached hydrogen (secondary N) is 1. The van der Waals surface area contributed by atoms with Crippen LogP contribution in [0.25, 0.3) is 0 Å². The molecule has 0 saturated carbocycles. The Kier molecular flexibility index (Phi) is 3.36. The van der Waals surface area contributed by atoms with Crippen LogP contribution < -0.4 is 5.32 Å². The lowest BCUT2D eigenvalue weighted by molar-refractivity contribution is 0.460. The number of nitriles is 1. The van der Waals surface area contributed by atoms with Crippen molar-refractivity contribution in [2.45, 2.75) is 19.9 Å². The second kappa shape index (κ2) is 5.12. The fourth-order valence-corrected chi connectivity index (χ4v) is 1.34. The number of nitrogens with zero attached hydrogens (tertiary/aromatic N) is 3. The van der Waals surface area contributed by atoms with Crippen LogP contribution in [0.4, 0.5) is 5.69 Å². The monoisotopic (exact) mass is 228 g/mol. The van der Waals surface area contributed by atoms with E-state index < -0.39 is 0 Å². The first kappa shape index (κ1) is 11.1. The number of rotatable bonds is 4. The van der Waals surface area contributed by atoms with Crippen molar-refractivity contribution in [1.82, 2.24) is 10.2 Å². The summed E-state index contributed by atoms with van der Waals surface area (Å²) in [5, 5.41) is 19.6. The fraction of sp³-hybridized carbons (Fsp3) is 0.250. The van der Waals surface area contributed by atoms with Gasteiger partial charge in [-0.05, 0) is 24.3 Å². The second-order valence-corrected chi connectivity index (χ2v) is 3.49. The topological polar surface area (TPSA) is 74.7 Å². The molecular formula is C12H12N4O. The maximum atomic E-state index is 8.66. The van der Waals surface area contributed by atoms with Crippen LogP contribution in [-0.2, 0) is 13.0 Å². The molecule has 1 aromatic heterocycles. The predicted octanol–water partition coefficient (Wildman–Crippen LogP) is 2.12. The quantitative estimate of drug-likeness (QED) is 0.867. The lowest BCUT2D eigenvalue weighted by Crippen LogP contribution is -1.99. The molecule has 0 atom stereocenters. The second-order valence-electron chi connectivity index (χ2n) is 3.49. The molecule has 1 N–H and O–H groups in total. The number of anilines is 1. The smallest absolute Gasteiger partial charge is 0.235 e. The molecule has 0 radical (unpaired) electrons. The molecule has 0 aliphatic carbocycles. The van der Waals surface area contributed by atoms with Gasteiger partial charge in [-0.1, -0.05) is 6.92 Å². The highest BCUT2D eigenvalue weighted by Crippen LogP contribution is 2.10. The van der Waals surface area contributed by atoms with Crippen LogP contribution in [-0.4, -0.2) is 10.2 Å². The minimum Gasteiger partial charge on any atom is -0.423 e. The molecule has 5 heteroatoms. The third-order valence-corrected chi connectivity index (χ3v) is 2.27. The van der Waals surface area contributed by atoms with Gasteiger partial charge in [0.25, 0.3) is 0 Å². The van der Waals surface area contributed by atoms with Gasteiger partial charge >= 0.3 is 0 Å². The van der Waals surface area contributed by atoms with E-state index in [1.807, 2.05) is 19.1 Å². The molecule has 86 valence electrons. The molecule has 0 bridgehead atoms. The van der Waals surface area contributed by atoms with Crippen molar-refractivity contribution in [3.8, 4) is 6.07 Å². The molecule has 2 aromatic rings. The van der Waals surface area contributed by atoms with E-state index in [2.05, 4.69) is 21.6 Å². The summed E-state index contributed by atoms with van der Waals surface area (Å²) in [4.78, 5) is 0. The third-order valence-electron chi connectivity index (χ3n) is 2.27. The third kappa shape index (κ3) is 2.82. The maximum absolute atomic E-state index is 8.66. The molecule has 0 saturated heterocycles. The first-order valence-electron chi connectivity index (χ1n) is 5.37. The standard InChI is InChI=1S/C12H12N4O/c1-2-11-15-16-12(17-11)8-14-10-5-3-9(7-13)4-6-10/h3-6,14H,2,8H2,1H3. The summed E-state index contributed by atoms with van der Waals surface area (Å²) in [7, 11) is 0. The van der Waals surface area contributed by atoms with Gasteiger partial charge in [0.15, 0.2) is 0 Å². The van der Waals surface area contributed by atoms with Crippen molar-refractivity contribution in [2.24, 2.45) is 0 Å². The SMILES string of the molecule is CCc1nnc(CNc2ccc(C#N)cc2)o1. The highest BCUT2D eigenvalue weighted by molar-refractivity contribution is 5.46. The largest absolute Gasteiger partial charge is 0.423 e. The molecule has 17 heavy (non-hydrogen) atoms. The Morgan fingerprint density at radius 3 is 2.53 bits per heavy atom. The van der Waals surface area contributed by atoms with Gasteiger partial charge in [-0.2, -0.15) is 5.26 Å². The molecule has 0 aliphatic rings. The molecular weight excluding hydrogens is 216 g/mol. The Balaban J connectivity index is 1.95. The van der Waals surface area contributed by atoms with Gasteiger partial charge in [-0.3, -0.25) is 0 Å². The molecule has 2 rings (SSSR count). The minimum absolute atomic E-state index is 0.485. The highest BCUT2D eigenvalue weighted by atomic mass is 16.4. The molecule has 0 spiro atoms. The van der Waals surface area contributed by atoms with Crippen LogP contribution in [0.1, 0.15) is 24.3 Å². The molecule has 0 amide bonds. The van der Waals surface area contributed by atoms with Crippen LogP contribution >= 0.6 is 0 Å². The predicted molar refractivity (Wildman–Crippen MR) is 62.2 cm³/mol. The fourth-order valence-electron chi connectivity index (χ4n) is 1.34. The molecule has 1 aromatic carbocycles. The molecule has 5 nitrogen and oxygen atoms in total. The summed E-state index contributed by atoms with van der Waals surface area (Å²) in [5.74, 6) is 1.20. The summed E-state index contributed by atoms with van der Waals surface area (Å²) in [6.07, 6.45) is 0.740. The summed E-state index contributed by atoms with van der Waals surface area (Å²) < 4.78 is 5.36. The minimum atomic E-state index is 0.485. The summed E-state index contributed by atoms with van der Waals surface area (Å²) >= 11 is 0. The van der Waals surface area contributed by atoms with E-state index in [4.69, 9.17) is 9.68 Å². The Hall–Kier alpha value is -2.35. The Bertz CT molecular complexity index is 524. The van der Waals surface area contributed by atoms with Gasteiger partial charge in [-0.25, -0.2) is 0 Å². The highest BCUT2D eigenvalue weighted by Gasteiger charge is 2.03. The summed E-state index contributed by atoms with van der Waals surface area (Å²) in [5.41, 5.74) is 1.56. The van der Waals surface area contributed by atoms with E-state index >= 15 is 0 Å². The van der Waals surface area contributed by atoms with Gasteiger partial charge < -0.3 is 9.73 Å². The summed E-state index contributed by atoms with van der Waals surface area (Å²) in [6, 6.07) is 9.27. The molecule has 0 fully saturated rings. The van der Waals surface area contributed by atoms with E-state index in [-0.39, 0.29) is 0 Å². The van der Waals surface area contributed by atoms with E-state index in [1.54, 1.807) is 12.1 Å². The number of hydrogen-bond acceptors (Lipinski definition) is 5. The average molecular weight is 228 g/mol. The number of aryl methyl sites for hydroxylation is 1. The van der Waals surface area contributed by atoms with Gasteiger partial charge in [-0.15, -0.1) is 10.2 Å². The van der Waals surface area contributed by atoms with Crippen LogP contribution in [0, 0.1) is 11.3 Å². The normalized spacial score (nSPS) is 9.88. The maximum Gasteiger partial charge on any atom is 0.235 e. The molecule has 1 heterocycles. The molecule has 0 unspecified atom stereocenters. The van der Waals surface area contributed by atoms with Crippen LogP contribution in [0.5, 0.6) is 0 Å². The number of hydrogen-bond donors (Lipinski definition) is 1. The van der Waals surface area contributed by atoms with E-state index in [1.165, 1.54) is 0 Å². The van der Waals surface area contributed by atoms with E-state index in [0.717, 1.165) is 12.1 Å². The van der Waals surface area contributed by atoms with Gasteiger partial charge in [0, 0.05) is 12.1 Å². The van der Waals surface area contributed by atoms with Crippen molar-refractivity contribution in [1.29, 1.82) is 5.26 Å². The Morgan fingerprint density at radius 2 is 1.94 bits per heavy atom. The van der Waals surface area contributed by atoms with Crippen molar-refractivity contribution < 1.29 is 4.42 Å². The van der Waals surface area contributed by atoms with E-state index in [0.29, 0.717) is 23.9 Å². The Morgan fingerprint density at radius 1 is 1.24 bits per heavy atom. The summed E-state index contributed by atoms with van der Waals surface area (Å²) in [6.45, 7) is 2.45. The zero-order valence-corrected chi connectivity index (χ0v) is 9.47. The van der Waals surface area contributed by atoms with Crippen molar-refractivity contribution in [2.75, 3.05) is 5.32 Å². The van der Waals surface area contributed by atoms with Crippen LogP contribution in [0.15, 0.2) is 28.7 Å². The van der Waals surface area contributed by atoms with E-state index in [9.17, 15) is 0 Å². The number of benzene rings is 1. The van der Waals surface area contributed by atoms with Crippen LogP contribution in [0.2, 0.25) is 0 Å².